The van der Waals surface area contributed by atoms with Crippen molar-refractivity contribution >= 4 is 11.9 Å². The van der Waals surface area contributed by atoms with Crippen LogP contribution in [0.15, 0.2) is 0 Å². The number of carboxylic acids is 1. The van der Waals surface area contributed by atoms with E-state index < -0.39 is 5.97 Å². The van der Waals surface area contributed by atoms with E-state index in [-0.39, 0.29) is 17.9 Å². The number of rotatable bonds is 3. The molecule has 2 unspecified atom stereocenters. The van der Waals surface area contributed by atoms with Crippen LogP contribution in [-0.4, -0.2) is 35.5 Å². The Bertz CT molecular complexity index is 417. The van der Waals surface area contributed by atoms with Gasteiger partial charge in [0.2, 0.25) is 5.91 Å². The average molecular weight is 265 g/mol. The molecule has 4 aliphatic rings. The molecule has 4 rings (SSSR count). The van der Waals surface area contributed by atoms with Gasteiger partial charge in [0.05, 0.1) is 5.41 Å². The van der Waals surface area contributed by atoms with Crippen LogP contribution < -0.4 is 0 Å². The summed E-state index contributed by atoms with van der Waals surface area (Å²) in [7, 11) is 1.64. The van der Waals surface area contributed by atoms with Crippen LogP contribution in [0.4, 0.5) is 0 Å². The quantitative estimate of drug-likeness (QED) is 0.850. The lowest BCUT2D eigenvalue weighted by Gasteiger charge is -2.60. The highest BCUT2D eigenvalue weighted by Gasteiger charge is 2.59. The van der Waals surface area contributed by atoms with Gasteiger partial charge in [-0.2, -0.15) is 0 Å². The van der Waals surface area contributed by atoms with Crippen LogP contribution in [0.1, 0.15) is 45.4 Å². The predicted molar refractivity (Wildman–Crippen MR) is 70.5 cm³/mol. The fourth-order valence-electron chi connectivity index (χ4n) is 5.65. The Morgan fingerprint density at radius 1 is 1.21 bits per heavy atom. The van der Waals surface area contributed by atoms with E-state index in [0.717, 1.165) is 19.3 Å². The molecule has 4 heteroatoms. The maximum atomic E-state index is 12.7. The first kappa shape index (κ1) is 12.9. The fourth-order valence-corrected chi connectivity index (χ4v) is 5.65. The van der Waals surface area contributed by atoms with E-state index in [2.05, 4.69) is 6.92 Å². The molecule has 0 aliphatic heterocycles. The molecule has 106 valence electrons. The summed E-state index contributed by atoms with van der Waals surface area (Å²) in [5, 5.41) is 8.87. The van der Waals surface area contributed by atoms with Gasteiger partial charge in [-0.25, -0.2) is 0 Å². The number of likely N-dealkylation sites (N-methyl/N-ethyl adjacent to an activating group) is 1. The molecular weight excluding hydrogens is 242 g/mol. The van der Waals surface area contributed by atoms with Gasteiger partial charge in [0.15, 0.2) is 0 Å². The second-order valence-electron chi connectivity index (χ2n) is 7.61. The first-order valence-corrected chi connectivity index (χ1v) is 7.29. The number of hydrogen-bond acceptors (Lipinski definition) is 2. The molecular formula is C15H23NO3. The van der Waals surface area contributed by atoms with Crippen molar-refractivity contribution in [3.05, 3.63) is 0 Å². The molecule has 1 N–H and O–H groups in total. The molecule has 0 spiro atoms. The summed E-state index contributed by atoms with van der Waals surface area (Å²) in [5.74, 6) is 0.531. The van der Waals surface area contributed by atoms with Crippen molar-refractivity contribution < 1.29 is 14.7 Å². The molecule has 0 aromatic rings. The van der Waals surface area contributed by atoms with Crippen molar-refractivity contribution in [2.45, 2.75) is 45.4 Å². The van der Waals surface area contributed by atoms with E-state index >= 15 is 0 Å². The molecule has 2 atom stereocenters. The standard InChI is InChI=1S/C15H23NO3/c1-14-4-10-3-11(5-14)7-15(6-10,9-14)13(19)16(2)8-12(17)18/h10-11H,3-9H2,1-2H3,(H,17,18). The van der Waals surface area contributed by atoms with Gasteiger partial charge in [0.1, 0.15) is 6.54 Å². The van der Waals surface area contributed by atoms with Crippen LogP contribution in [0.25, 0.3) is 0 Å². The first-order chi connectivity index (χ1) is 8.82. The molecule has 4 saturated carbocycles. The third-order valence-electron chi connectivity index (χ3n) is 5.53. The molecule has 1 amide bonds. The Hall–Kier alpha value is -1.06. The number of hydrogen-bond donors (Lipinski definition) is 1. The molecule has 4 bridgehead atoms. The third-order valence-corrected chi connectivity index (χ3v) is 5.53. The van der Waals surface area contributed by atoms with Crippen LogP contribution in [-0.2, 0) is 9.59 Å². The smallest absolute Gasteiger partial charge is 0.323 e. The number of carbonyl (C=O) groups is 2. The molecule has 0 saturated heterocycles. The average Bonchev–Trinajstić information content (AvgIpc) is 2.23. The van der Waals surface area contributed by atoms with E-state index in [1.165, 1.54) is 24.2 Å². The minimum Gasteiger partial charge on any atom is -0.480 e. The maximum Gasteiger partial charge on any atom is 0.323 e. The molecule has 0 radical (unpaired) electrons. The number of carboxylic acid groups (broad SMARTS) is 1. The maximum absolute atomic E-state index is 12.7. The highest BCUT2D eigenvalue weighted by molar-refractivity contribution is 5.86. The molecule has 0 aromatic heterocycles. The van der Waals surface area contributed by atoms with Crippen molar-refractivity contribution in [1.82, 2.24) is 4.90 Å². The molecule has 4 fully saturated rings. The van der Waals surface area contributed by atoms with Gasteiger partial charge < -0.3 is 10.0 Å². The van der Waals surface area contributed by atoms with Crippen molar-refractivity contribution in [3.63, 3.8) is 0 Å². The van der Waals surface area contributed by atoms with Crippen LogP contribution in [0.3, 0.4) is 0 Å². The third kappa shape index (κ3) is 2.05. The number of nitrogens with zero attached hydrogens (tertiary/aromatic N) is 1. The second kappa shape index (κ2) is 3.97. The molecule has 19 heavy (non-hydrogen) atoms. The summed E-state index contributed by atoms with van der Waals surface area (Å²) in [6.45, 7) is 2.15. The monoisotopic (exact) mass is 265 g/mol. The van der Waals surface area contributed by atoms with E-state index in [0.29, 0.717) is 17.3 Å². The van der Waals surface area contributed by atoms with Gasteiger partial charge in [-0.3, -0.25) is 9.59 Å². The van der Waals surface area contributed by atoms with E-state index in [1.54, 1.807) is 7.05 Å². The van der Waals surface area contributed by atoms with Crippen molar-refractivity contribution in [3.8, 4) is 0 Å². The summed E-state index contributed by atoms with van der Waals surface area (Å²) < 4.78 is 0. The van der Waals surface area contributed by atoms with E-state index in [1.807, 2.05) is 0 Å². The highest BCUT2D eigenvalue weighted by atomic mass is 16.4. The Kier molecular flexibility index (Phi) is 2.70. The van der Waals surface area contributed by atoms with Gasteiger partial charge in [-0.05, 0) is 55.8 Å². The lowest BCUT2D eigenvalue weighted by molar-refractivity contribution is -0.167. The second-order valence-corrected chi connectivity index (χ2v) is 7.61. The lowest BCUT2D eigenvalue weighted by Crippen LogP contribution is -2.57. The minimum atomic E-state index is -0.924. The van der Waals surface area contributed by atoms with Crippen LogP contribution in [0, 0.1) is 22.7 Å². The summed E-state index contributed by atoms with van der Waals surface area (Å²) in [5.41, 5.74) is 0.0762. The number of carbonyl (C=O) groups excluding carboxylic acids is 1. The van der Waals surface area contributed by atoms with Gasteiger partial charge in [0.25, 0.3) is 0 Å². The minimum absolute atomic E-state index is 0.0789. The highest BCUT2D eigenvalue weighted by Crippen LogP contribution is 2.65. The fraction of sp³-hybridized carbons (Fsp3) is 0.867. The Morgan fingerprint density at radius 3 is 2.26 bits per heavy atom. The normalized spacial score (nSPS) is 43.3. The zero-order chi connectivity index (χ0) is 13.8. The van der Waals surface area contributed by atoms with Gasteiger partial charge >= 0.3 is 5.97 Å². The Labute approximate surface area is 114 Å². The summed E-state index contributed by atoms with van der Waals surface area (Å²) in [6, 6.07) is 0. The summed E-state index contributed by atoms with van der Waals surface area (Å²) in [6.07, 6.45) is 6.76. The molecule has 0 aromatic carbocycles. The Morgan fingerprint density at radius 2 is 1.79 bits per heavy atom. The molecule has 4 aliphatic carbocycles. The lowest BCUT2D eigenvalue weighted by atomic mass is 9.44. The molecule has 4 nitrogen and oxygen atoms in total. The van der Waals surface area contributed by atoms with E-state index in [4.69, 9.17) is 5.11 Å². The van der Waals surface area contributed by atoms with Crippen LogP contribution in [0.5, 0.6) is 0 Å². The topological polar surface area (TPSA) is 57.6 Å². The van der Waals surface area contributed by atoms with Gasteiger partial charge in [-0.1, -0.05) is 6.92 Å². The predicted octanol–water partition coefficient (Wildman–Crippen LogP) is 2.14. The zero-order valence-corrected chi connectivity index (χ0v) is 11.8. The summed E-state index contributed by atoms with van der Waals surface area (Å²) in [4.78, 5) is 25.0. The zero-order valence-electron chi connectivity index (χ0n) is 11.8. The van der Waals surface area contributed by atoms with Crippen LogP contribution in [0.2, 0.25) is 0 Å². The van der Waals surface area contributed by atoms with Crippen molar-refractivity contribution in [2.24, 2.45) is 22.7 Å². The molecule has 0 heterocycles. The first-order valence-electron chi connectivity index (χ1n) is 7.29. The van der Waals surface area contributed by atoms with E-state index in [9.17, 15) is 9.59 Å². The summed E-state index contributed by atoms with van der Waals surface area (Å²) >= 11 is 0. The van der Waals surface area contributed by atoms with Crippen molar-refractivity contribution in [2.75, 3.05) is 13.6 Å². The van der Waals surface area contributed by atoms with Gasteiger partial charge in [0, 0.05) is 7.05 Å². The Balaban J connectivity index is 1.83. The number of amides is 1. The van der Waals surface area contributed by atoms with Crippen molar-refractivity contribution in [1.29, 1.82) is 0 Å². The SMILES string of the molecule is CN(CC(=O)O)C(=O)C12CC3CC(CC(C)(C3)C1)C2. The van der Waals surface area contributed by atoms with Gasteiger partial charge in [-0.15, -0.1) is 0 Å². The largest absolute Gasteiger partial charge is 0.480 e. The van der Waals surface area contributed by atoms with Crippen LogP contribution >= 0.6 is 0 Å². The number of aliphatic carboxylic acids is 1.